The number of aromatic nitrogens is 5. The van der Waals surface area contributed by atoms with Crippen molar-refractivity contribution >= 4 is 33.2 Å². The Morgan fingerprint density at radius 2 is 1.98 bits per heavy atom. The highest BCUT2D eigenvalue weighted by molar-refractivity contribution is 7.16. The van der Waals surface area contributed by atoms with Crippen LogP contribution >= 0.6 is 11.3 Å². The number of hydrogen-bond acceptors (Lipinski definition) is 11. The van der Waals surface area contributed by atoms with Crippen LogP contribution in [-0.2, 0) is 23.0 Å². The third kappa shape index (κ3) is 4.19. The standard InChI is InChI=1S/C32H39N9O2S/c1-19(23-8-5-12-39(23)2)41-31-22(18-35-41)30(40-13-6-15-42-16-14-40)36-29(37-31)26-20-7-3-10-32(27(20)43-38-26)11-4-9-24-25(32)21(17-33)28(34)44-24/h18-19,23H,3-16,34H2,1-2H3. The molecule has 3 atom stereocenters. The Kier molecular flexibility index (Phi) is 6.88. The highest BCUT2D eigenvalue weighted by atomic mass is 32.1. The van der Waals surface area contributed by atoms with Gasteiger partial charge < -0.3 is 24.8 Å². The van der Waals surface area contributed by atoms with E-state index in [0.717, 1.165) is 111 Å². The number of rotatable bonds is 4. The van der Waals surface area contributed by atoms with Crippen molar-refractivity contribution in [3.63, 3.8) is 0 Å². The van der Waals surface area contributed by atoms with Gasteiger partial charge in [-0.15, -0.1) is 11.3 Å². The fourth-order valence-electron chi connectivity index (χ4n) is 8.44. The number of nitrogens with zero attached hydrogens (tertiary/aromatic N) is 8. The van der Waals surface area contributed by atoms with Gasteiger partial charge in [-0.2, -0.15) is 10.4 Å². The summed E-state index contributed by atoms with van der Waals surface area (Å²) in [6.07, 6.45) is 10.9. The summed E-state index contributed by atoms with van der Waals surface area (Å²) in [7, 11) is 2.20. The molecule has 2 saturated heterocycles. The molecule has 0 saturated carbocycles. The van der Waals surface area contributed by atoms with Gasteiger partial charge in [0.15, 0.2) is 22.9 Å². The lowest BCUT2D eigenvalue weighted by molar-refractivity contribution is 0.152. The SMILES string of the molecule is CC(C1CCCN1C)n1ncc2c(N3CCCOCC3)nc(-c3noc4c3CCCC43CCCc4sc(N)c(C#N)c43)nc21. The summed E-state index contributed by atoms with van der Waals surface area (Å²) < 4.78 is 14.2. The first kappa shape index (κ1) is 28.0. The monoisotopic (exact) mass is 613 g/mol. The van der Waals surface area contributed by atoms with Crippen molar-refractivity contribution in [3.05, 3.63) is 33.5 Å². The number of ether oxygens (including phenoxy) is 1. The van der Waals surface area contributed by atoms with E-state index >= 15 is 0 Å². The van der Waals surface area contributed by atoms with E-state index in [9.17, 15) is 5.26 Å². The summed E-state index contributed by atoms with van der Waals surface area (Å²) in [6.45, 7) is 6.38. The van der Waals surface area contributed by atoms with Crippen LogP contribution in [0.15, 0.2) is 10.7 Å². The summed E-state index contributed by atoms with van der Waals surface area (Å²) in [6, 6.07) is 2.98. The van der Waals surface area contributed by atoms with Gasteiger partial charge in [-0.25, -0.2) is 14.6 Å². The first-order valence-corrected chi connectivity index (χ1v) is 16.9. The Balaban J connectivity index is 1.29. The smallest absolute Gasteiger partial charge is 0.186 e. The molecule has 6 heterocycles. The first-order valence-electron chi connectivity index (χ1n) is 16.1. The molecule has 230 valence electrons. The summed E-state index contributed by atoms with van der Waals surface area (Å²) in [5.41, 5.74) is 10.3. The summed E-state index contributed by atoms with van der Waals surface area (Å²) in [5.74, 6) is 2.33. The molecular formula is C32H39N9O2S. The molecule has 11 nitrogen and oxygen atoms in total. The Labute approximate surface area is 261 Å². The molecule has 0 bridgehead atoms. The molecule has 2 aliphatic carbocycles. The third-order valence-electron chi connectivity index (χ3n) is 10.5. The van der Waals surface area contributed by atoms with E-state index in [4.69, 9.17) is 35.2 Å². The minimum atomic E-state index is -0.385. The average molecular weight is 614 g/mol. The number of aryl methyl sites for hydroxylation is 1. The predicted octanol–water partition coefficient (Wildman–Crippen LogP) is 4.84. The quantitative estimate of drug-likeness (QED) is 0.341. The number of fused-ring (bicyclic) bond motifs is 5. The van der Waals surface area contributed by atoms with Gasteiger partial charge in [0, 0.05) is 36.2 Å². The van der Waals surface area contributed by atoms with Crippen LogP contribution in [0.1, 0.15) is 85.2 Å². The van der Waals surface area contributed by atoms with Gasteiger partial charge in [-0.05, 0) is 83.9 Å². The van der Waals surface area contributed by atoms with Crippen LogP contribution in [0.2, 0.25) is 0 Å². The van der Waals surface area contributed by atoms with E-state index in [2.05, 4.69) is 34.5 Å². The van der Waals surface area contributed by atoms with E-state index in [-0.39, 0.29) is 11.5 Å². The third-order valence-corrected chi connectivity index (χ3v) is 11.6. The van der Waals surface area contributed by atoms with E-state index in [1.165, 1.54) is 11.3 Å². The molecule has 0 radical (unpaired) electrons. The lowest BCUT2D eigenvalue weighted by Gasteiger charge is -2.39. The van der Waals surface area contributed by atoms with E-state index in [1.54, 1.807) is 11.3 Å². The Morgan fingerprint density at radius 3 is 2.80 bits per heavy atom. The molecule has 0 aromatic carbocycles. The maximum absolute atomic E-state index is 10.1. The lowest BCUT2D eigenvalue weighted by Crippen LogP contribution is -2.35. The van der Waals surface area contributed by atoms with E-state index in [1.807, 2.05) is 6.20 Å². The molecule has 0 amide bonds. The van der Waals surface area contributed by atoms with Crippen molar-refractivity contribution in [1.82, 2.24) is 29.8 Å². The second kappa shape index (κ2) is 10.8. The highest BCUT2D eigenvalue weighted by Gasteiger charge is 2.49. The molecule has 44 heavy (non-hydrogen) atoms. The van der Waals surface area contributed by atoms with Gasteiger partial charge in [0.25, 0.3) is 0 Å². The summed E-state index contributed by atoms with van der Waals surface area (Å²) in [4.78, 5) is 16.4. The van der Waals surface area contributed by atoms with Crippen molar-refractivity contribution in [2.45, 2.75) is 82.2 Å². The fraction of sp³-hybridized carbons (Fsp3) is 0.594. The molecule has 1 spiro atoms. The molecule has 8 rings (SSSR count). The normalized spacial score (nSPS) is 24.8. The van der Waals surface area contributed by atoms with Gasteiger partial charge in [0.2, 0.25) is 0 Å². The van der Waals surface area contributed by atoms with Crippen molar-refractivity contribution < 1.29 is 9.26 Å². The van der Waals surface area contributed by atoms with Crippen LogP contribution in [0, 0.1) is 11.3 Å². The second-order valence-electron chi connectivity index (χ2n) is 13.0. The average Bonchev–Trinajstić information content (AvgIpc) is 3.79. The molecule has 4 aliphatic rings. The summed E-state index contributed by atoms with van der Waals surface area (Å²) in [5, 5.41) is 21.3. The van der Waals surface area contributed by atoms with Crippen LogP contribution in [-0.4, -0.2) is 75.7 Å². The largest absolute Gasteiger partial charge is 0.389 e. The highest BCUT2D eigenvalue weighted by Crippen LogP contribution is 2.55. The zero-order chi connectivity index (χ0) is 30.0. The van der Waals surface area contributed by atoms with E-state index < -0.39 is 0 Å². The maximum Gasteiger partial charge on any atom is 0.186 e. The van der Waals surface area contributed by atoms with Crippen LogP contribution in [0.4, 0.5) is 10.8 Å². The Morgan fingerprint density at radius 1 is 1.11 bits per heavy atom. The minimum Gasteiger partial charge on any atom is -0.389 e. The maximum atomic E-state index is 10.1. The van der Waals surface area contributed by atoms with Gasteiger partial charge in [-0.1, -0.05) is 5.16 Å². The molecule has 2 N–H and O–H groups in total. The number of likely N-dealkylation sites (tertiary alicyclic amines) is 1. The molecular weight excluding hydrogens is 574 g/mol. The zero-order valence-electron chi connectivity index (χ0n) is 25.5. The van der Waals surface area contributed by atoms with Crippen molar-refractivity contribution in [2.75, 3.05) is 50.5 Å². The Hall–Kier alpha value is -3.53. The number of anilines is 2. The van der Waals surface area contributed by atoms with Gasteiger partial charge in [0.05, 0.1) is 35.2 Å². The Bertz CT molecular complexity index is 1760. The molecule has 4 aromatic rings. The van der Waals surface area contributed by atoms with Crippen LogP contribution in [0.3, 0.4) is 0 Å². The zero-order valence-corrected chi connectivity index (χ0v) is 26.3. The molecule has 3 unspecified atom stereocenters. The fourth-order valence-corrected chi connectivity index (χ4v) is 9.60. The summed E-state index contributed by atoms with van der Waals surface area (Å²) >= 11 is 1.56. The number of hydrogen-bond donors (Lipinski definition) is 1. The predicted molar refractivity (Wildman–Crippen MR) is 169 cm³/mol. The second-order valence-corrected chi connectivity index (χ2v) is 14.1. The minimum absolute atomic E-state index is 0.159. The van der Waals surface area contributed by atoms with Crippen LogP contribution < -0.4 is 10.6 Å². The van der Waals surface area contributed by atoms with Gasteiger partial charge in [0.1, 0.15) is 16.9 Å². The van der Waals surface area contributed by atoms with Crippen LogP contribution in [0.5, 0.6) is 0 Å². The number of nitriles is 1. The number of nitrogens with two attached hydrogens (primary N) is 1. The van der Waals surface area contributed by atoms with Crippen molar-refractivity contribution in [2.24, 2.45) is 0 Å². The number of nitrogen functional groups attached to an aromatic ring is 1. The molecule has 2 fully saturated rings. The number of likely N-dealkylation sites (N-methyl/N-ethyl adjacent to an activating group) is 1. The van der Waals surface area contributed by atoms with Crippen LogP contribution in [0.25, 0.3) is 22.6 Å². The number of thiophene rings is 1. The molecule has 12 heteroatoms. The molecule has 2 aliphatic heterocycles. The van der Waals surface area contributed by atoms with Crippen molar-refractivity contribution in [3.8, 4) is 17.6 Å². The molecule has 4 aromatic heterocycles. The van der Waals surface area contributed by atoms with E-state index in [0.29, 0.717) is 34.7 Å². The first-order chi connectivity index (χ1) is 21.5. The van der Waals surface area contributed by atoms with Gasteiger partial charge >= 0.3 is 0 Å². The topological polar surface area (TPSA) is 135 Å². The lowest BCUT2D eigenvalue weighted by atomic mass is 9.63. The van der Waals surface area contributed by atoms with Crippen molar-refractivity contribution in [1.29, 1.82) is 5.26 Å². The van der Waals surface area contributed by atoms with Gasteiger partial charge in [-0.3, -0.25) is 0 Å².